The predicted molar refractivity (Wildman–Crippen MR) is 110 cm³/mol. The van der Waals surface area contributed by atoms with Gasteiger partial charge in [-0.05, 0) is 42.2 Å². The highest BCUT2D eigenvalue weighted by Gasteiger charge is 2.18. The molecular formula is C20H27N3O3S. The van der Waals surface area contributed by atoms with E-state index in [-0.39, 0.29) is 23.7 Å². The molecule has 0 saturated carbocycles. The summed E-state index contributed by atoms with van der Waals surface area (Å²) in [6, 6.07) is 16.0. The fourth-order valence-corrected chi connectivity index (χ4v) is 3.86. The van der Waals surface area contributed by atoms with E-state index in [1.54, 1.807) is 24.3 Å². The monoisotopic (exact) mass is 389 g/mol. The van der Waals surface area contributed by atoms with Gasteiger partial charge < -0.3 is 10.6 Å². The second-order valence-corrected chi connectivity index (χ2v) is 8.57. The molecule has 2 amide bonds. The van der Waals surface area contributed by atoms with Gasteiger partial charge in [0.1, 0.15) is 0 Å². The lowest BCUT2D eigenvalue weighted by Crippen LogP contribution is -2.35. The Hall–Kier alpha value is -2.54. The van der Waals surface area contributed by atoms with Crippen molar-refractivity contribution in [3.8, 4) is 0 Å². The van der Waals surface area contributed by atoms with Gasteiger partial charge in [0.2, 0.25) is 10.0 Å². The first kappa shape index (κ1) is 20.8. The number of sulfonamides is 1. The molecule has 0 heterocycles. The lowest BCUT2D eigenvalue weighted by atomic mass is 9.96. The molecule has 0 saturated heterocycles. The van der Waals surface area contributed by atoms with Crippen molar-refractivity contribution in [3.05, 3.63) is 60.2 Å². The maximum absolute atomic E-state index is 12.4. The van der Waals surface area contributed by atoms with Crippen molar-refractivity contribution in [1.29, 1.82) is 0 Å². The normalized spacial score (nSPS) is 12.4. The van der Waals surface area contributed by atoms with Gasteiger partial charge in [-0.3, -0.25) is 4.72 Å². The molecule has 0 radical (unpaired) electrons. The van der Waals surface area contributed by atoms with E-state index in [9.17, 15) is 13.2 Å². The number of amides is 2. The van der Waals surface area contributed by atoms with E-state index in [4.69, 9.17) is 0 Å². The molecule has 0 bridgehead atoms. The second kappa shape index (κ2) is 9.41. The lowest BCUT2D eigenvalue weighted by Gasteiger charge is -2.23. The van der Waals surface area contributed by atoms with Crippen LogP contribution in [0.5, 0.6) is 0 Å². The number of anilines is 2. The quantitative estimate of drug-likeness (QED) is 0.627. The predicted octanol–water partition coefficient (Wildman–Crippen LogP) is 4.36. The molecule has 2 rings (SSSR count). The third kappa shape index (κ3) is 6.60. The molecule has 6 nitrogen and oxygen atoms in total. The summed E-state index contributed by atoms with van der Waals surface area (Å²) in [7, 11) is -3.33. The van der Waals surface area contributed by atoms with E-state index in [1.165, 1.54) is 0 Å². The van der Waals surface area contributed by atoms with Crippen LogP contribution in [0.1, 0.15) is 38.8 Å². The van der Waals surface area contributed by atoms with Crippen LogP contribution >= 0.6 is 0 Å². The SMILES string of the molecule is CCCS(=O)(=O)Nc1ccc(NC(=O)NC(c2ccccc2)C(C)C)cc1. The molecule has 1 atom stereocenters. The molecule has 27 heavy (non-hydrogen) atoms. The molecule has 146 valence electrons. The van der Waals surface area contributed by atoms with Gasteiger partial charge in [0.05, 0.1) is 11.8 Å². The fraction of sp³-hybridized carbons (Fsp3) is 0.350. The summed E-state index contributed by atoms with van der Waals surface area (Å²) < 4.78 is 26.1. The minimum absolute atomic E-state index is 0.0749. The van der Waals surface area contributed by atoms with E-state index < -0.39 is 10.0 Å². The van der Waals surface area contributed by atoms with Crippen LogP contribution in [0.3, 0.4) is 0 Å². The van der Waals surface area contributed by atoms with Crippen molar-refractivity contribution in [2.75, 3.05) is 15.8 Å². The molecule has 0 aromatic heterocycles. The molecule has 2 aromatic rings. The molecular weight excluding hydrogens is 362 g/mol. The Balaban J connectivity index is 1.99. The van der Waals surface area contributed by atoms with Crippen LogP contribution in [0.15, 0.2) is 54.6 Å². The zero-order valence-corrected chi connectivity index (χ0v) is 16.7. The van der Waals surface area contributed by atoms with Gasteiger partial charge in [-0.25, -0.2) is 13.2 Å². The highest BCUT2D eigenvalue weighted by atomic mass is 32.2. The van der Waals surface area contributed by atoms with E-state index in [0.29, 0.717) is 17.8 Å². The molecule has 0 aliphatic carbocycles. The summed E-state index contributed by atoms with van der Waals surface area (Å²) in [6.07, 6.45) is 0.549. The number of carbonyl (C=O) groups excluding carboxylic acids is 1. The van der Waals surface area contributed by atoms with Gasteiger partial charge in [-0.2, -0.15) is 0 Å². The fourth-order valence-electron chi connectivity index (χ4n) is 2.72. The summed E-state index contributed by atoms with van der Waals surface area (Å²) in [6.45, 7) is 5.91. The van der Waals surface area contributed by atoms with Crippen LogP contribution in [0.25, 0.3) is 0 Å². The number of nitrogens with one attached hydrogen (secondary N) is 3. The van der Waals surface area contributed by atoms with Crippen molar-refractivity contribution >= 4 is 27.4 Å². The topological polar surface area (TPSA) is 87.3 Å². The Kier molecular flexibility index (Phi) is 7.24. The van der Waals surface area contributed by atoms with E-state index in [0.717, 1.165) is 5.56 Å². The van der Waals surface area contributed by atoms with Gasteiger partial charge in [0, 0.05) is 11.4 Å². The van der Waals surface area contributed by atoms with Gasteiger partial charge in [0.15, 0.2) is 0 Å². The molecule has 3 N–H and O–H groups in total. The van der Waals surface area contributed by atoms with Crippen molar-refractivity contribution in [3.63, 3.8) is 0 Å². The first-order valence-corrected chi connectivity index (χ1v) is 10.7. The van der Waals surface area contributed by atoms with Crippen LogP contribution < -0.4 is 15.4 Å². The van der Waals surface area contributed by atoms with Crippen molar-refractivity contribution in [1.82, 2.24) is 5.32 Å². The third-order valence-electron chi connectivity index (χ3n) is 4.00. The number of urea groups is 1. The Bertz CT molecular complexity index is 835. The van der Waals surface area contributed by atoms with E-state index >= 15 is 0 Å². The number of carbonyl (C=O) groups is 1. The van der Waals surface area contributed by atoms with E-state index in [2.05, 4.69) is 29.2 Å². The molecule has 0 aliphatic heterocycles. The zero-order chi connectivity index (χ0) is 19.9. The Morgan fingerprint density at radius 2 is 1.56 bits per heavy atom. The summed E-state index contributed by atoms with van der Waals surface area (Å²) >= 11 is 0. The summed E-state index contributed by atoms with van der Waals surface area (Å²) in [4.78, 5) is 12.4. The highest BCUT2D eigenvalue weighted by Crippen LogP contribution is 2.22. The summed E-state index contributed by atoms with van der Waals surface area (Å²) in [5.41, 5.74) is 2.10. The lowest BCUT2D eigenvalue weighted by molar-refractivity contribution is 0.244. The standard InChI is InChI=1S/C20H27N3O3S/c1-4-14-27(25,26)23-18-12-10-17(11-13-18)21-20(24)22-19(15(2)3)16-8-6-5-7-9-16/h5-13,15,19,23H,4,14H2,1-3H3,(H2,21,22,24). The number of benzene rings is 2. The summed E-state index contributed by atoms with van der Waals surface area (Å²) in [5.74, 6) is 0.305. The van der Waals surface area contributed by atoms with Crippen LogP contribution in [0.2, 0.25) is 0 Å². The largest absolute Gasteiger partial charge is 0.331 e. The highest BCUT2D eigenvalue weighted by molar-refractivity contribution is 7.92. The molecule has 1 unspecified atom stereocenters. The molecule has 0 fully saturated rings. The molecule has 0 aliphatic rings. The maximum atomic E-state index is 12.4. The van der Waals surface area contributed by atoms with Crippen LogP contribution in [0.4, 0.5) is 16.2 Å². The molecule has 7 heteroatoms. The van der Waals surface area contributed by atoms with Crippen LogP contribution in [0, 0.1) is 5.92 Å². The number of rotatable bonds is 8. The van der Waals surface area contributed by atoms with Gasteiger partial charge in [-0.1, -0.05) is 51.1 Å². The Labute approximate surface area is 161 Å². The number of hydrogen-bond acceptors (Lipinski definition) is 3. The first-order valence-electron chi connectivity index (χ1n) is 9.03. The maximum Gasteiger partial charge on any atom is 0.319 e. The second-order valence-electron chi connectivity index (χ2n) is 6.73. The minimum Gasteiger partial charge on any atom is -0.331 e. The Morgan fingerprint density at radius 3 is 2.11 bits per heavy atom. The first-order chi connectivity index (χ1) is 12.8. The Morgan fingerprint density at radius 1 is 0.963 bits per heavy atom. The van der Waals surface area contributed by atoms with E-state index in [1.807, 2.05) is 37.3 Å². The van der Waals surface area contributed by atoms with Gasteiger partial charge >= 0.3 is 6.03 Å². The molecule has 2 aromatic carbocycles. The van der Waals surface area contributed by atoms with Gasteiger partial charge in [-0.15, -0.1) is 0 Å². The average Bonchev–Trinajstić information content (AvgIpc) is 2.61. The smallest absolute Gasteiger partial charge is 0.319 e. The van der Waals surface area contributed by atoms with Gasteiger partial charge in [0.25, 0.3) is 0 Å². The number of hydrogen-bond donors (Lipinski definition) is 3. The average molecular weight is 390 g/mol. The van der Waals surface area contributed by atoms with Crippen molar-refractivity contribution in [2.45, 2.75) is 33.2 Å². The van der Waals surface area contributed by atoms with Crippen molar-refractivity contribution < 1.29 is 13.2 Å². The zero-order valence-electron chi connectivity index (χ0n) is 15.9. The van der Waals surface area contributed by atoms with Crippen LogP contribution in [-0.4, -0.2) is 20.2 Å². The van der Waals surface area contributed by atoms with Crippen LogP contribution in [-0.2, 0) is 10.0 Å². The minimum atomic E-state index is -3.33. The van der Waals surface area contributed by atoms with Crippen molar-refractivity contribution in [2.24, 2.45) is 5.92 Å². The summed E-state index contributed by atoms with van der Waals surface area (Å²) in [5, 5.41) is 5.77. The third-order valence-corrected chi connectivity index (χ3v) is 5.49. The molecule has 0 spiro atoms.